The van der Waals surface area contributed by atoms with Gasteiger partial charge in [0.2, 0.25) is 0 Å². The lowest BCUT2D eigenvalue weighted by Crippen LogP contribution is -1.97. The summed E-state index contributed by atoms with van der Waals surface area (Å²) in [5.41, 5.74) is 11.8. The smallest absolute Gasteiger partial charge is 0.0464 e. The van der Waals surface area contributed by atoms with Crippen LogP contribution in [0.2, 0.25) is 0 Å². The minimum absolute atomic E-state index is 1.08. The molecule has 0 heterocycles. The van der Waals surface area contributed by atoms with E-state index in [1.165, 1.54) is 44.5 Å². The first-order valence-electron chi connectivity index (χ1n) is 12.6. The Labute approximate surface area is 218 Å². The van der Waals surface area contributed by atoms with Crippen molar-refractivity contribution in [3.8, 4) is 44.5 Å². The molecule has 0 spiro atoms. The van der Waals surface area contributed by atoms with E-state index in [4.69, 9.17) is 0 Å². The van der Waals surface area contributed by atoms with Crippen molar-refractivity contribution >= 4 is 11.4 Å². The van der Waals surface area contributed by atoms with Crippen LogP contribution in [-0.4, -0.2) is 0 Å². The van der Waals surface area contributed by atoms with Gasteiger partial charge in [0.1, 0.15) is 0 Å². The molecular weight excluding hydrogens is 446 g/mol. The highest BCUT2D eigenvalue weighted by Crippen LogP contribution is 2.40. The Kier molecular flexibility index (Phi) is 6.34. The number of anilines is 2. The van der Waals surface area contributed by atoms with Crippen molar-refractivity contribution in [2.75, 3.05) is 5.32 Å². The average Bonchev–Trinajstić information content (AvgIpc) is 2.99. The third kappa shape index (κ3) is 4.68. The molecule has 1 N–H and O–H groups in total. The SMILES string of the molecule is c1ccc(-c2ccccc2-c2ccccc2Nc2ccccc2-c2ccccc2-c2ccccc2)cc1. The van der Waals surface area contributed by atoms with Crippen LogP contribution in [0.25, 0.3) is 44.5 Å². The standard InChI is InChI=1S/C36H27N/c1-3-15-27(16-4-1)29-19-7-9-21-31(29)33-23-11-13-25-35(33)37-36-26-14-12-24-34(36)32-22-10-8-20-30(32)28-17-5-2-6-18-28/h1-26,37H. The first-order valence-corrected chi connectivity index (χ1v) is 12.6. The van der Waals surface area contributed by atoms with Crippen LogP contribution >= 0.6 is 0 Å². The number of benzene rings is 6. The zero-order valence-electron chi connectivity index (χ0n) is 20.5. The summed E-state index contributed by atoms with van der Waals surface area (Å²) >= 11 is 0. The van der Waals surface area contributed by atoms with Gasteiger partial charge in [-0.25, -0.2) is 0 Å². The Hall–Kier alpha value is -4.88. The zero-order valence-corrected chi connectivity index (χ0v) is 20.5. The van der Waals surface area contributed by atoms with Gasteiger partial charge in [0.25, 0.3) is 0 Å². The summed E-state index contributed by atoms with van der Waals surface area (Å²) in [4.78, 5) is 0. The normalized spacial score (nSPS) is 10.7. The van der Waals surface area contributed by atoms with Crippen LogP contribution in [0.1, 0.15) is 0 Å². The van der Waals surface area contributed by atoms with Gasteiger partial charge >= 0.3 is 0 Å². The van der Waals surface area contributed by atoms with Crippen LogP contribution in [0, 0.1) is 0 Å². The van der Waals surface area contributed by atoms with E-state index in [9.17, 15) is 0 Å². The van der Waals surface area contributed by atoms with Crippen molar-refractivity contribution < 1.29 is 0 Å². The summed E-state index contributed by atoms with van der Waals surface area (Å²) in [6.45, 7) is 0. The van der Waals surface area contributed by atoms with Gasteiger partial charge in [-0.1, -0.05) is 146 Å². The van der Waals surface area contributed by atoms with E-state index in [2.05, 4.69) is 163 Å². The fourth-order valence-electron chi connectivity index (χ4n) is 4.97. The van der Waals surface area contributed by atoms with Crippen molar-refractivity contribution in [3.05, 3.63) is 158 Å². The number of nitrogens with one attached hydrogen (secondary N) is 1. The van der Waals surface area contributed by atoms with Gasteiger partial charge < -0.3 is 5.32 Å². The minimum atomic E-state index is 1.08. The summed E-state index contributed by atoms with van der Waals surface area (Å²) in [5, 5.41) is 3.80. The van der Waals surface area contributed by atoms with E-state index in [1.807, 2.05) is 0 Å². The first-order chi connectivity index (χ1) is 18.4. The average molecular weight is 474 g/mol. The summed E-state index contributed by atoms with van der Waals surface area (Å²) < 4.78 is 0. The third-order valence-electron chi connectivity index (χ3n) is 6.73. The van der Waals surface area contributed by atoms with Crippen LogP contribution in [0.5, 0.6) is 0 Å². The second-order valence-corrected chi connectivity index (χ2v) is 9.04. The van der Waals surface area contributed by atoms with Gasteiger partial charge in [-0.05, 0) is 45.5 Å². The van der Waals surface area contributed by atoms with Crippen molar-refractivity contribution in [1.82, 2.24) is 0 Å². The highest BCUT2D eigenvalue weighted by molar-refractivity contribution is 5.94. The van der Waals surface area contributed by atoms with Gasteiger partial charge in [0.15, 0.2) is 0 Å². The Morgan fingerprint density at radius 1 is 0.243 bits per heavy atom. The zero-order chi connectivity index (χ0) is 24.9. The molecule has 6 aromatic rings. The Morgan fingerprint density at radius 2 is 0.541 bits per heavy atom. The van der Waals surface area contributed by atoms with Crippen LogP contribution in [0.15, 0.2) is 158 Å². The summed E-state index contributed by atoms with van der Waals surface area (Å²) in [6, 6.07) is 55.6. The first kappa shape index (κ1) is 22.6. The molecule has 37 heavy (non-hydrogen) atoms. The molecule has 0 fully saturated rings. The van der Waals surface area contributed by atoms with Crippen LogP contribution in [0.4, 0.5) is 11.4 Å². The van der Waals surface area contributed by atoms with E-state index >= 15 is 0 Å². The maximum Gasteiger partial charge on any atom is 0.0464 e. The molecule has 1 heteroatoms. The maximum atomic E-state index is 3.80. The summed E-state index contributed by atoms with van der Waals surface area (Å²) in [6.07, 6.45) is 0. The molecule has 0 bridgehead atoms. The van der Waals surface area contributed by atoms with Crippen molar-refractivity contribution in [1.29, 1.82) is 0 Å². The molecule has 0 aliphatic carbocycles. The molecule has 0 saturated carbocycles. The molecule has 176 valence electrons. The monoisotopic (exact) mass is 473 g/mol. The van der Waals surface area contributed by atoms with Crippen LogP contribution in [0.3, 0.4) is 0 Å². The Balaban J connectivity index is 1.45. The lowest BCUT2D eigenvalue weighted by Gasteiger charge is -2.19. The van der Waals surface area contributed by atoms with Crippen molar-refractivity contribution in [3.63, 3.8) is 0 Å². The maximum absolute atomic E-state index is 3.80. The predicted molar refractivity (Wildman–Crippen MR) is 158 cm³/mol. The van der Waals surface area contributed by atoms with E-state index in [0.717, 1.165) is 11.4 Å². The fraction of sp³-hybridized carbons (Fsp3) is 0. The number of hydrogen-bond acceptors (Lipinski definition) is 1. The molecule has 6 aromatic carbocycles. The van der Waals surface area contributed by atoms with E-state index in [0.29, 0.717) is 0 Å². The third-order valence-corrected chi connectivity index (χ3v) is 6.73. The fourth-order valence-corrected chi connectivity index (χ4v) is 4.97. The van der Waals surface area contributed by atoms with Crippen molar-refractivity contribution in [2.45, 2.75) is 0 Å². The van der Waals surface area contributed by atoms with Crippen LogP contribution < -0.4 is 5.32 Å². The van der Waals surface area contributed by atoms with Gasteiger partial charge in [-0.2, -0.15) is 0 Å². The van der Waals surface area contributed by atoms with Crippen molar-refractivity contribution in [2.24, 2.45) is 0 Å². The molecule has 0 radical (unpaired) electrons. The largest absolute Gasteiger partial charge is 0.355 e. The molecule has 0 aromatic heterocycles. The lowest BCUT2D eigenvalue weighted by atomic mass is 9.92. The van der Waals surface area contributed by atoms with Crippen LogP contribution in [-0.2, 0) is 0 Å². The highest BCUT2D eigenvalue weighted by atomic mass is 14.9. The minimum Gasteiger partial charge on any atom is -0.355 e. The molecule has 0 amide bonds. The van der Waals surface area contributed by atoms with E-state index in [1.54, 1.807) is 0 Å². The van der Waals surface area contributed by atoms with Gasteiger partial charge in [-0.15, -0.1) is 0 Å². The molecule has 0 aliphatic heterocycles. The molecule has 1 nitrogen and oxygen atoms in total. The quantitative estimate of drug-likeness (QED) is 0.254. The Morgan fingerprint density at radius 3 is 0.946 bits per heavy atom. The predicted octanol–water partition coefficient (Wildman–Crippen LogP) is 10.1. The number of para-hydroxylation sites is 2. The molecule has 0 saturated heterocycles. The Bertz CT molecular complexity index is 1510. The molecule has 6 rings (SSSR count). The molecule has 0 atom stereocenters. The topological polar surface area (TPSA) is 12.0 Å². The van der Waals surface area contributed by atoms with Gasteiger partial charge in [0, 0.05) is 22.5 Å². The number of rotatable bonds is 6. The molecule has 0 aliphatic rings. The summed E-state index contributed by atoms with van der Waals surface area (Å²) in [7, 11) is 0. The van der Waals surface area contributed by atoms with E-state index in [-0.39, 0.29) is 0 Å². The van der Waals surface area contributed by atoms with Gasteiger partial charge in [-0.3, -0.25) is 0 Å². The summed E-state index contributed by atoms with van der Waals surface area (Å²) in [5.74, 6) is 0. The van der Waals surface area contributed by atoms with Gasteiger partial charge in [0.05, 0.1) is 0 Å². The molecule has 0 unspecified atom stereocenters. The lowest BCUT2D eigenvalue weighted by molar-refractivity contribution is 1.51. The second kappa shape index (κ2) is 10.4. The molecular formula is C36H27N. The highest BCUT2D eigenvalue weighted by Gasteiger charge is 2.14. The number of hydrogen-bond donors (Lipinski definition) is 1. The second-order valence-electron chi connectivity index (χ2n) is 9.04. The van der Waals surface area contributed by atoms with E-state index < -0.39 is 0 Å².